The lowest BCUT2D eigenvalue weighted by Gasteiger charge is -2.29. The third kappa shape index (κ3) is 6.46. The molecule has 322 valence electrons. The molecular weight excluding hydrogens is 781 g/mol. The second kappa shape index (κ2) is 13.9. The number of aryl methyl sites for hydroxylation is 1. The minimum Gasteiger partial charge on any atom is -0.0610 e. The molecule has 10 aromatic rings. The lowest BCUT2D eigenvalue weighted by atomic mass is 9.75. The molecule has 1 aliphatic carbocycles. The van der Waals surface area contributed by atoms with Crippen LogP contribution in [-0.2, 0) is 21.7 Å². The van der Waals surface area contributed by atoms with Gasteiger partial charge in [0, 0.05) is 0 Å². The molecule has 0 radical (unpaired) electrons. The summed E-state index contributed by atoms with van der Waals surface area (Å²) in [6.45, 7) is 30.7. The molecule has 0 atom stereocenters. The highest BCUT2D eigenvalue weighted by atomic mass is 14.4. The van der Waals surface area contributed by atoms with Gasteiger partial charge in [-0.1, -0.05) is 217 Å². The van der Waals surface area contributed by atoms with Crippen LogP contribution in [0.2, 0.25) is 0 Å². The maximum Gasteiger partial charge on any atom is -0.000741 e. The fraction of sp³-hybridized carbons (Fsp3) is 0.262. The molecule has 11 rings (SSSR count). The minimum atomic E-state index is -0.0426. The van der Waals surface area contributed by atoms with Gasteiger partial charge in [0.05, 0.1) is 0 Å². The van der Waals surface area contributed by atoms with E-state index in [1.807, 2.05) is 0 Å². The smallest absolute Gasteiger partial charge is 0.000741 e. The summed E-state index contributed by atoms with van der Waals surface area (Å²) in [6, 6.07) is 55.0. The Kier molecular flexibility index (Phi) is 8.86. The molecule has 0 heterocycles. The van der Waals surface area contributed by atoms with Crippen LogP contribution in [-0.4, -0.2) is 0 Å². The van der Waals surface area contributed by atoms with Crippen molar-refractivity contribution in [2.24, 2.45) is 0 Å². The summed E-state index contributed by atoms with van der Waals surface area (Å²) in [4.78, 5) is 0. The highest BCUT2D eigenvalue weighted by Gasteiger charge is 2.33. The molecule has 65 heavy (non-hydrogen) atoms. The van der Waals surface area contributed by atoms with Gasteiger partial charge in [-0.25, -0.2) is 0 Å². The van der Waals surface area contributed by atoms with Crippen molar-refractivity contribution in [1.29, 1.82) is 0 Å². The van der Waals surface area contributed by atoms with Crippen molar-refractivity contribution < 1.29 is 0 Å². The summed E-state index contributed by atoms with van der Waals surface area (Å²) in [5.41, 5.74) is 19.8. The molecular formula is C65H62. The summed E-state index contributed by atoms with van der Waals surface area (Å²) >= 11 is 0. The monoisotopic (exact) mass is 842 g/mol. The first-order valence-electron chi connectivity index (χ1n) is 23.8. The first-order valence-corrected chi connectivity index (χ1v) is 23.8. The molecule has 0 aromatic heterocycles. The lowest BCUT2D eigenvalue weighted by molar-refractivity contribution is 0.568. The van der Waals surface area contributed by atoms with Crippen LogP contribution in [0.25, 0.3) is 109 Å². The van der Waals surface area contributed by atoms with Gasteiger partial charge in [-0.2, -0.15) is 0 Å². The van der Waals surface area contributed by atoms with Gasteiger partial charge in [0.2, 0.25) is 0 Å². The van der Waals surface area contributed by atoms with Crippen molar-refractivity contribution in [1.82, 2.24) is 0 Å². The van der Waals surface area contributed by atoms with Gasteiger partial charge in [0.15, 0.2) is 0 Å². The molecule has 0 nitrogen and oxygen atoms in total. The average Bonchev–Trinajstić information content (AvgIpc) is 3.58. The fourth-order valence-electron chi connectivity index (χ4n) is 11.1. The highest BCUT2D eigenvalue weighted by Crippen LogP contribution is 2.59. The van der Waals surface area contributed by atoms with Gasteiger partial charge < -0.3 is 0 Å². The van der Waals surface area contributed by atoms with E-state index in [1.54, 1.807) is 0 Å². The Hall–Kier alpha value is -6.24. The number of benzene rings is 10. The highest BCUT2D eigenvalue weighted by molar-refractivity contribution is 6.29. The molecule has 0 aliphatic heterocycles. The molecule has 0 amide bonds. The van der Waals surface area contributed by atoms with Gasteiger partial charge in [0.25, 0.3) is 0 Å². The Morgan fingerprint density at radius 3 is 1.22 bits per heavy atom. The van der Waals surface area contributed by atoms with Crippen LogP contribution in [0.5, 0.6) is 0 Å². The third-order valence-electron chi connectivity index (χ3n) is 14.8. The second-order valence-corrected chi connectivity index (χ2v) is 23.5. The average molecular weight is 843 g/mol. The minimum absolute atomic E-state index is 0.0330. The van der Waals surface area contributed by atoms with Crippen molar-refractivity contribution in [3.8, 4) is 55.6 Å². The van der Waals surface area contributed by atoms with Gasteiger partial charge in [-0.15, -0.1) is 0 Å². The van der Waals surface area contributed by atoms with Crippen LogP contribution in [0, 0.1) is 6.92 Å². The van der Waals surface area contributed by atoms with Crippen molar-refractivity contribution in [3.05, 3.63) is 167 Å². The molecule has 1 aliphatic rings. The number of rotatable bonds is 3. The predicted octanol–water partition coefficient (Wildman–Crippen LogP) is 19.0. The van der Waals surface area contributed by atoms with Crippen LogP contribution in [0.3, 0.4) is 0 Å². The largest absolute Gasteiger partial charge is 0.0610 e. The zero-order chi connectivity index (χ0) is 45.7. The molecule has 0 heteroatoms. The number of hydrogen-bond acceptors (Lipinski definition) is 0. The van der Waals surface area contributed by atoms with E-state index in [9.17, 15) is 0 Å². The predicted molar refractivity (Wildman–Crippen MR) is 285 cm³/mol. The first kappa shape index (κ1) is 41.5. The summed E-state index contributed by atoms with van der Waals surface area (Å²) in [5.74, 6) is 0. The van der Waals surface area contributed by atoms with E-state index in [-0.39, 0.29) is 21.7 Å². The summed E-state index contributed by atoms with van der Waals surface area (Å²) < 4.78 is 0. The molecule has 10 aromatic carbocycles. The van der Waals surface area contributed by atoms with E-state index in [1.165, 1.54) is 137 Å². The zero-order valence-electron chi connectivity index (χ0n) is 40.8. The van der Waals surface area contributed by atoms with E-state index >= 15 is 0 Å². The molecule has 0 saturated carbocycles. The normalized spacial score (nSPS) is 13.3. The van der Waals surface area contributed by atoms with Crippen molar-refractivity contribution in [2.75, 3.05) is 0 Å². The van der Waals surface area contributed by atoms with E-state index in [2.05, 4.69) is 230 Å². The van der Waals surface area contributed by atoms with E-state index < -0.39 is 0 Å². The molecule has 0 spiro atoms. The van der Waals surface area contributed by atoms with Gasteiger partial charge in [0.1, 0.15) is 0 Å². The Bertz CT molecular complexity index is 3550. The van der Waals surface area contributed by atoms with Gasteiger partial charge in [-0.3, -0.25) is 0 Å². The molecule has 0 unspecified atom stereocenters. The lowest BCUT2D eigenvalue weighted by Crippen LogP contribution is -2.17. The second-order valence-electron chi connectivity index (χ2n) is 23.5. The Morgan fingerprint density at radius 1 is 0.277 bits per heavy atom. The number of fused-ring (bicyclic) bond motifs is 4. The van der Waals surface area contributed by atoms with Crippen LogP contribution in [0.15, 0.2) is 140 Å². The molecule has 0 saturated heterocycles. The fourth-order valence-corrected chi connectivity index (χ4v) is 11.1. The maximum atomic E-state index is 2.57. The Balaban J connectivity index is 1.35. The molecule has 0 bridgehead atoms. The SMILES string of the molecule is Cc1cc2cccc3ccc4ccc(-c5ccc6c(-c7cc(C(C)(C)C)cc(C(C)(C)C)c7)c7c(c(-c8cc(C(C)(C)C)cc(C(C)(C)C)c8)c6c5)-c5cccc6cccc-7c56)c1c4c32. The van der Waals surface area contributed by atoms with Crippen LogP contribution in [0.4, 0.5) is 0 Å². The summed E-state index contributed by atoms with van der Waals surface area (Å²) in [5, 5.41) is 13.2. The van der Waals surface area contributed by atoms with E-state index in [0.717, 1.165) is 0 Å². The van der Waals surface area contributed by atoms with E-state index in [4.69, 9.17) is 0 Å². The Labute approximate surface area is 386 Å². The third-order valence-corrected chi connectivity index (χ3v) is 14.8. The van der Waals surface area contributed by atoms with Crippen molar-refractivity contribution >= 4 is 53.9 Å². The molecule has 0 fully saturated rings. The van der Waals surface area contributed by atoms with Crippen LogP contribution >= 0.6 is 0 Å². The van der Waals surface area contributed by atoms with Crippen molar-refractivity contribution in [2.45, 2.75) is 112 Å². The topological polar surface area (TPSA) is 0 Å². The van der Waals surface area contributed by atoms with Crippen LogP contribution in [0.1, 0.15) is 111 Å². The summed E-state index contributed by atoms with van der Waals surface area (Å²) in [6.07, 6.45) is 0. The van der Waals surface area contributed by atoms with E-state index in [0.29, 0.717) is 0 Å². The van der Waals surface area contributed by atoms with Gasteiger partial charge in [-0.05, 0) is 172 Å². The van der Waals surface area contributed by atoms with Crippen molar-refractivity contribution in [3.63, 3.8) is 0 Å². The summed E-state index contributed by atoms with van der Waals surface area (Å²) in [7, 11) is 0. The standard InChI is InChI=1S/C65H62/c1-37-29-42-20-14-17-39-23-24-40-25-27-49(54(37)59(40)55(39)42)41-26-28-50-53(34-41)58(44-32-47(64(8,9)10)36-48(33-44)65(11,12)13)61-52-22-16-19-38-18-15-21-51(56(38)52)60(61)57(50)43-30-45(62(2,3)4)35-46(31-43)63(5,6)7/h14-36H,1-13H3. The van der Waals surface area contributed by atoms with Gasteiger partial charge >= 0.3 is 0 Å². The zero-order valence-corrected chi connectivity index (χ0v) is 40.8. The number of hydrogen-bond donors (Lipinski definition) is 0. The Morgan fingerprint density at radius 2 is 0.708 bits per heavy atom. The van der Waals surface area contributed by atoms with Crippen LogP contribution < -0.4 is 0 Å². The maximum absolute atomic E-state index is 2.57. The quantitative estimate of drug-likeness (QED) is 0.155. The molecule has 0 N–H and O–H groups in total. The first-order chi connectivity index (χ1) is 30.7.